The normalized spacial score (nSPS) is 15.0. The van der Waals surface area contributed by atoms with Crippen molar-refractivity contribution in [3.05, 3.63) is 40.1 Å². The van der Waals surface area contributed by atoms with Crippen LogP contribution in [0.4, 0.5) is 29.6 Å². The highest BCUT2D eigenvalue weighted by molar-refractivity contribution is 6.39. The minimum atomic E-state index is -4.89. The van der Waals surface area contributed by atoms with E-state index in [1.807, 2.05) is 0 Å². The summed E-state index contributed by atoms with van der Waals surface area (Å²) in [5.74, 6) is -1.05. The maximum atomic E-state index is 13.5. The van der Waals surface area contributed by atoms with Crippen LogP contribution in [0.3, 0.4) is 0 Å². The molecule has 3 rings (SSSR count). The number of anilines is 2. The summed E-state index contributed by atoms with van der Waals surface area (Å²) in [6.45, 7) is 1.43. The molecule has 12 heteroatoms. The Hall–Kier alpha value is -2.30. The van der Waals surface area contributed by atoms with Gasteiger partial charge in [-0.25, -0.2) is 14.8 Å². The van der Waals surface area contributed by atoms with Gasteiger partial charge in [0.25, 0.3) is 0 Å². The second-order valence-corrected chi connectivity index (χ2v) is 7.27. The summed E-state index contributed by atoms with van der Waals surface area (Å²) in [5.41, 5.74) is -1.26. The van der Waals surface area contributed by atoms with Gasteiger partial charge in [-0.3, -0.25) is 0 Å². The van der Waals surface area contributed by atoms with Crippen molar-refractivity contribution in [1.82, 2.24) is 15.3 Å². The van der Waals surface area contributed by atoms with Crippen molar-refractivity contribution in [2.45, 2.75) is 19.0 Å². The number of hydrogen-bond acceptors (Lipinski definition) is 6. The summed E-state index contributed by atoms with van der Waals surface area (Å²) in [5, 5.41) is 5.35. The monoisotopic (exact) mass is 464 g/mol. The van der Waals surface area contributed by atoms with Gasteiger partial charge in [0, 0.05) is 19.8 Å². The second-order valence-electron chi connectivity index (χ2n) is 6.45. The number of rotatable bonds is 5. The van der Waals surface area contributed by atoms with E-state index >= 15 is 0 Å². The topological polar surface area (TPSA) is 85.4 Å². The van der Waals surface area contributed by atoms with Crippen molar-refractivity contribution < 1.29 is 27.4 Å². The highest BCUT2D eigenvalue weighted by Crippen LogP contribution is 2.36. The lowest BCUT2D eigenvalue weighted by molar-refractivity contribution is -0.142. The molecule has 2 aromatic rings. The van der Waals surface area contributed by atoms with Gasteiger partial charge in [0.2, 0.25) is 5.95 Å². The van der Waals surface area contributed by atoms with Crippen molar-refractivity contribution in [3.63, 3.8) is 0 Å². The van der Waals surface area contributed by atoms with Gasteiger partial charge < -0.3 is 20.1 Å². The molecule has 1 aliphatic rings. The number of carbonyl (C=O) groups excluding carboxylic acids is 1. The molecule has 0 spiro atoms. The van der Waals surface area contributed by atoms with Crippen LogP contribution in [-0.4, -0.2) is 35.8 Å². The summed E-state index contributed by atoms with van der Waals surface area (Å²) in [7, 11) is 0. The number of nitrogens with zero attached hydrogens (tertiary/aromatic N) is 2. The third-order valence-electron chi connectivity index (χ3n) is 4.30. The molecule has 0 atom stereocenters. The van der Waals surface area contributed by atoms with Crippen LogP contribution in [0.15, 0.2) is 24.4 Å². The molecule has 7 nitrogen and oxygen atoms in total. The third-order valence-corrected chi connectivity index (χ3v) is 4.93. The predicted octanol–water partition coefficient (Wildman–Crippen LogP) is 5.06. The van der Waals surface area contributed by atoms with Gasteiger partial charge in [-0.15, -0.1) is 0 Å². The maximum absolute atomic E-state index is 13.5. The summed E-state index contributed by atoms with van der Waals surface area (Å²) in [4.78, 5) is 19.2. The average molecular weight is 465 g/mol. The molecule has 1 aromatic carbocycles. The Labute approximate surface area is 179 Å². The summed E-state index contributed by atoms with van der Waals surface area (Å²) >= 11 is 12.0. The molecular weight excluding hydrogens is 448 g/mol. The third kappa shape index (κ3) is 5.87. The van der Waals surface area contributed by atoms with Crippen molar-refractivity contribution in [2.75, 3.05) is 25.1 Å². The Morgan fingerprint density at radius 3 is 2.53 bits per heavy atom. The lowest BCUT2D eigenvalue weighted by Gasteiger charge is -2.22. The molecule has 1 aromatic heterocycles. The summed E-state index contributed by atoms with van der Waals surface area (Å²) < 4.78 is 50.4. The number of aromatic nitrogens is 2. The first-order valence-corrected chi connectivity index (χ1v) is 9.68. The molecule has 2 N–H and O–H groups in total. The number of para-hydroxylation sites is 1. The first-order valence-electron chi connectivity index (χ1n) is 8.92. The van der Waals surface area contributed by atoms with Crippen molar-refractivity contribution in [2.24, 2.45) is 5.92 Å². The number of amides is 1. The van der Waals surface area contributed by atoms with Crippen LogP contribution in [0, 0.1) is 5.92 Å². The standard InChI is InChI=1S/C18H17Cl2F3N4O3/c19-11-2-1-3-12(20)14(11)26-16-24-9-13(15(27-16)18(21,22)23)30-17(28)25-8-10-4-6-29-7-5-10/h1-3,9-10H,4-8H2,(H,25,28)(H,24,26,27). The zero-order chi connectivity index (χ0) is 21.7. The summed E-state index contributed by atoms with van der Waals surface area (Å²) in [6, 6.07) is 4.58. The Bertz CT molecular complexity index is 888. The van der Waals surface area contributed by atoms with Crippen molar-refractivity contribution >= 4 is 40.9 Å². The number of halogens is 5. The number of carbonyl (C=O) groups is 1. The summed E-state index contributed by atoms with van der Waals surface area (Å²) in [6.07, 6.45) is -3.65. The number of nitrogens with one attached hydrogen (secondary N) is 2. The Balaban J connectivity index is 1.73. The van der Waals surface area contributed by atoms with E-state index in [0.717, 1.165) is 19.0 Å². The van der Waals surface area contributed by atoms with E-state index in [9.17, 15) is 18.0 Å². The van der Waals surface area contributed by atoms with Gasteiger partial charge in [-0.2, -0.15) is 13.2 Å². The van der Waals surface area contributed by atoms with Crippen LogP contribution in [0.25, 0.3) is 0 Å². The molecule has 30 heavy (non-hydrogen) atoms. The van der Waals surface area contributed by atoms with Gasteiger partial charge in [0.05, 0.1) is 21.9 Å². The molecule has 0 unspecified atom stereocenters. The average Bonchev–Trinajstić information content (AvgIpc) is 2.70. The van der Waals surface area contributed by atoms with Crippen molar-refractivity contribution in [3.8, 4) is 5.75 Å². The Kier molecular flexibility index (Phi) is 7.22. The SMILES string of the molecule is O=C(NCC1CCOCC1)Oc1cnc(Nc2c(Cl)cccc2Cl)nc1C(F)(F)F. The quantitative estimate of drug-likeness (QED) is 0.642. The minimum absolute atomic E-state index is 0.150. The number of hydrogen-bond donors (Lipinski definition) is 2. The van der Waals surface area contributed by atoms with Crippen LogP contribution in [0.2, 0.25) is 10.0 Å². The fourth-order valence-electron chi connectivity index (χ4n) is 2.75. The van der Waals surface area contributed by atoms with Crippen molar-refractivity contribution in [1.29, 1.82) is 0 Å². The molecule has 0 saturated carbocycles. The van der Waals surface area contributed by atoms with E-state index in [0.29, 0.717) is 13.2 Å². The fourth-order valence-corrected chi connectivity index (χ4v) is 3.24. The predicted molar refractivity (Wildman–Crippen MR) is 104 cm³/mol. The van der Waals surface area contributed by atoms with Crippen LogP contribution in [0.5, 0.6) is 5.75 Å². The van der Waals surface area contributed by atoms with Gasteiger partial charge in [0.15, 0.2) is 11.4 Å². The lowest BCUT2D eigenvalue weighted by Crippen LogP contribution is -2.34. The Morgan fingerprint density at radius 2 is 1.90 bits per heavy atom. The highest BCUT2D eigenvalue weighted by atomic mass is 35.5. The van der Waals surface area contributed by atoms with E-state index in [1.165, 1.54) is 12.1 Å². The second kappa shape index (κ2) is 9.67. The van der Waals surface area contributed by atoms with Gasteiger partial charge in [-0.05, 0) is 30.9 Å². The lowest BCUT2D eigenvalue weighted by atomic mass is 10.0. The van der Waals surface area contributed by atoms with E-state index in [-0.39, 0.29) is 28.2 Å². The van der Waals surface area contributed by atoms with E-state index in [2.05, 4.69) is 20.6 Å². The van der Waals surface area contributed by atoms with Crippen LogP contribution in [0.1, 0.15) is 18.5 Å². The molecular formula is C18H17Cl2F3N4O3. The molecule has 1 amide bonds. The fraction of sp³-hybridized carbons (Fsp3) is 0.389. The van der Waals surface area contributed by atoms with Crippen LogP contribution in [-0.2, 0) is 10.9 Å². The zero-order valence-electron chi connectivity index (χ0n) is 15.4. The molecule has 0 aliphatic carbocycles. The van der Waals surface area contributed by atoms with Gasteiger partial charge >= 0.3 is 12.3 Å². The number of benzene rings is 1. The van der Waals surface area contributed by atoms with E-state index < -0.39 is 29.7 Å². The number of alkyl halides is 3. The smallest absolute Gasteiger partial charge is 0.406 e. The van der Waals surface area contributed by atoms with Crippen LogP contribution < -0.4 is 15.4 Å². The maximum Gasteiger partial charge on any atom is 0.437 e. The highest BCUT2D eigenvalue weighted by Gasteiger charge is 2.38. The Morgan fingerprint density at radius 1 is 1.23 bits per heavy atom. The van der Waals surface area contributed by atoms with Crippen LogP contribution >= 0.6 is 23.2 Å². The first-order chi connectivity index (χ1) is 14.2. The van der Waals surface area contributed by atoms with Gasteiger partial charge in [0.1, 0.15) is 0 Å². The molecule has 1 fully saturated rings. The number of ether oxygens (including phenoxy) is 2. The molecule has 1 saturated heterocycles. The van der Waals surface area contributed by atoms with E-state index in [4.69, 9.17) is 32.7 Å². The molecule has 2 heterocycles. The van der Waals surface area contributed by atoms with E-state index in [1.54, 1.807) is 6.07 Å². The molecule has 0 bridgehead atoms. The first kappa shape index (κ1) is 22.4. The largest absolute Gasteiger partial charge is 0.437 e. The molecule has 1 aliphatic heterocycles. The van der Waals surface area contributed by atoms with Gasteiger partial charge in [-0.1, -0.05) is 29.3 Å². The zero-order valence-corrected chi connectivity index (χ0v) is 16.9. The minimum Gasteiger partial charge on any atom is -0.406 e. The molecule has 0 radical (unpaired) electrons. The molecule has 162 valence electrons.